The molecule has 0 spiro atoms. The van der Waals surface area contributed by atoms with Crippen LogP contribution in [0.15, 0.2) is 24.3 Å². The number of carbonyl (C=O) groups is 2. The summed E-state index contributed by atoms with van der Waals surface area (Å²) in [5, 5.41) is 0. The highest BCUT2D eigenvalue weighted by molar-refractivity contribution is 5.94. The lowest BCUT2D eigenvalue weighted by Gasteiger charge is -2.27. The SMILES string of the molecule is COc1cc(OC)c(C(=O)OO[C]2CC[CH]CC2OOC(=O)c2cc(OC)c(OC)cc2OC)cc1OC. The quantitative estimate of drug-likeness (QED) is 0.289. The highest BCUT2D eigenvalue weighted by Gasteiger charge is 2.34. The lowest BCUT2D eigenvalue weighted by atomic mass is 9.95. The van der Waals surface area contributed by atoms with Crippen LogP contribution in [-0.4, -0.2) is 60.7 Å². The lowest BCUT2D eigenvalue weighted by molar-refractivity contribution is -0.317. The van der Waals surface area contributed by atoms with Crippen LogP contribution in [0.5, 0.6) is 34.5 Å². The second-order valence-electron chi connectivity index (χ2n) is 7.75. The van der Waals surface area contributed by atoms with Crippen molar-refractivity contribution in [3.8, 4) is 34.5 Å². The number of carbonyl (C=O) groups excluding carboxylic acids is 2. The van der Waals surface area contributed by atoms with Gasteiger partial charge in [-0.25, -0.2) is 9.59 Å². The topological polar surface area (TPSA) is 126 Å². The maximum atomic E-state index is 12.8. The first-order valence-electron chi connectivity index (χ1n) is 11.4. The zero-order valence-electron chi connectivity index (χ0n) is 22.0. The molecule has 0 bridgehead atoms. The van der Waals surface area contributed by atoms with Crippen molar-refractivity contribution in [2.24, 2.45) is 0 Å². The Morgan fingerprint density at radius 2 is 1.08 bits per heavy atom. The fourth-order valence-corrected chi connectivity index (χ4v) is 3.65. The molecule has 1 unspecified atom stereocenters. The Hall–Kier alpha value is -3.90. The Kier molecular flexibility index (Phi) is 10.3. The summed E-state index contributed by atoms with van der Waals surface area (Å²) < 4.78 is 31.5. The molecule has 12 nitrogen and oxygen atoms in total. The fourth-order valence-electron chi connectivity index (χ4n) is 3.65. The molecule has 1 aliphatic carbocycles. The highest BCUT2D eigenvalue weighted by Crippen LogP contribution is 2.37. The summed E-state index contributed by atoms with van der Waals surface area (Å²) in [5.74, 6) is 0.0863. The summed E-state index contributed by atoms with van der Waals surface area (Å²) in [7, 11) is 8.59. The summed E-state index contributed by atoms with van der Waals surface area (Å²) in [4.78, 5) is 46.4. The molecule has 1 fully saturated rings. The van der Waals surface area contributed by atoms with E-state index in [1.165, 1.54) is 66.9 Å². The van der Waals surface area contributed by atoms with Crippen LogP contribution in [0.4, 0.5) is 0 Å². The monoisotopic (exact) mass is 534 g/mol. The smallest absolute Gasteiger partial charge is 0.376 e. The molecule has 0 aromatic heterocycles. The van der Waals surface area contributed by atoms with Crippen LogP contribution in [0.1, 0.15) is 40.0 Å². The van der Waals surface area contributed by atoms with Gasteiger partial charge in [-0.05, 0) is 25.7 Å². The summed E-state index contributed by atoms with van der Waals surface area (Å²) in [6, 6.07) is 5.81. The lowest BCUT2D eigenvalue weighted by Crippen LogP contribution is -2.30. The van der Waals surface area contributed by atoms with Gasteiger partial charge in [0.05, 0.1) is 42.7 Å². The molecule has 38 heavy (non-hydrogen) atoms. The molecule has 0 heterocycles. The Morgan fingerprint density at radius 3 is 1.55 bits per heavy atom. The van der Waals surface area contributed by atoms with E-state index >= 15 is 0 Å². The molecule has 206 valence electrons. The van der Waals surface area contributed by atoms with Crippen LogP contribution < -0.4 is 28.4 Å². The molecule has 0 N–H and O–H groups in total. The van der Waals surface area contributed by atoms with Gasteiger partial charge in [-0.15, -0.1) is 0 Å². The fraction of sp³-hybridized carbons (Fsp3) is 0.385. The van der Waals surface area contributed by atoms with Crippen molar-refractivity contribution in [2.45, 2.75) is 25.4 Å². The van der Waals surface area contributed by atoms with Crippen LogP contribution in [0, 0.1) is 12.5 Å². The minimum atomic E-state index is -0.837. The number of ether oxygens (including phenoxy) is 6. The second-order valence-corrected chi connectivity index (χ2v) is 7.75. The van der Waals surface area contributed by atoms with E-state index in [1.54, 1.807) is 0 Å². The normalized spacial score (nSPS) is 15.3. The van der Waals surface area contributed by atoms with Gasteiger partial charge in [0.15, 0.2) is 29.1 Å². The predicted molar refractivity (Wildman–Crippen MR) is 130 cm³/mol. The van der Waals surface area contributed by atoms with Crippen LogP contribution in [0.2, 0.25) is 0 Å². The van der Waals surface area contributed by atoms with E-state index in [0.717, 1.165) is 0 Å². The van der Waals surface area contributed by atoms with E-state index in [4.69, 9.17) is 48.0 Å². The van der Waals surface area contributed by atoms with Gasteiger partial charge in [0.2, 0.25) is 0 Å². The van der Waals surface area contributed by atoms with E-state index in [9.17, 15) is 9.59 Å². The van der Waals surface area contributed by atoms with Gasteiger partial charge in [0.1, 0.15) is 28.7 Å². The molecule has 1 atom stereocenters. The summed E-state index contributed by atoms with van der Waals surface area (Å²) in [6.45, 7) is 0. The first kappa shape index (κ1) is 28.7. The Morgan fingerprint density at radius 1 is 0.632 bits per heavy atom. The number of hydrogen-bond acceptors (Lipinski definition) is 12. The third-order valence-corrected chi connectivity index (χ3v) is 5.65. The van der Waals surface area contributed by atoms with E-state index in [0.29, 0.717) is 42.3 Å². The molecule has 0 amide bonds. The number of methoxy groups -OCH3 is 6. The van der Waals surface area contributed by atoms with E-state index in [-0.39, 0.29) is 28.7 Å². The molecule has 12 heteroatoms. The van der Waals surface area contributed by atoms with Crippen molar-refractivity contribution in [1.82, 2.24) is 0 Å². The van der Waals surface area contributed by atoms with Crippen LogP contribution in [-0.2, 0) is 19.6 Å². The van der Waals surface area contributed by atoms with Crippen LogP contribution in [0.25, 0.3) is 0 Å². The average Bonchev–Trinajstić information content (AvgIpc) is 2.97. The van der Waals surface area contributed by atoms with Crippen LogP contribution in [0.3, 0.4) is 0 Å². The van der Waals surface area contributed by atoms with Crippen molar-refractivity contribution >= 4 is 11.9 Å². The van der Waals surface area contributed by atoms with Gasteiger partial charge in [0, 0.05) is 24.3 Å². The molecular weight excluding hydrogens is 504 g/mol. The largest absolute Gasteiger partial charge is 0.496 e. The first-order valence-corrected chi connectivity index (χ1v) is 11.4. The van der Waals surface area contributed by atoms with Crippen molar-refractivity contribution in [1.29, 1.82) is 0 Å². The van der Waals surface area contributed by atoms with Crippen molar-refractivity contribution in [3.63, 3.8) is 0 Å². The Bertz CT molecular complexity index is 1030. The molecule has 0 aliphatic heterocycles. The first-order chi connectivity index (χ1) is 18.4. The molecular formula is C26H30O12. The van der Waals surface area contributed by atoms with Crippen molar-refractivity contribution in [3.05, 3.63) is 47.9 Å². The third kappa shape index (κ3) is 6.50. The highest BCUT2D eigenvalue weighted by atomic mass is 17.2. The van der Waals surface area contributed by atoms with E-state index in [2.05, 4.69) is 0 Å². The average molecular weight is 535 g/mol. The second kappa shape index (κ2) is 13.6. The van der Waals surface area contributed by atoms with Gasteiger partial charge in [-0.3, -0.25) is 9.78 Å². The summed E-state index contributed by atoms with van der Waals surface area (Å²) in [5.41, 5.74) is 0.108. The van der Waals surface area contributed by atoms with Crippen molar-refractivity contribution < 1.29 is 57.6 Å². The molecule has 2 aromatic carbocycles. The van der Waals surface area contributed by atoms with Crippen LogP contribution >= 0.6 is 0 Å². The van der Waals surface area contributed by atoms with Gasteiger partial charge in [-0.1, -0.05) is 0 Å². The maximum Gasteiger partial charge on any atom is 0.376 e. The molecule has 1 aliphatic rings. The van der Waals surface area contributed by atoms with Gasteiger partial charge < -0.3 is 28.4 Å². The molecule has 3 rings (SSSR count). The van der Waals surface area contributed by atoms with Gasteiger partial charge in [-0.2, -0.15) is 9.78 Å². The Labute approximate surface area is 220 Å². The minimum Gasteiger partial charge on any atom is -0.496 e. The maximum absolute atomic E-state index is 12.8. The molecule has 0 saturated heterocycles. The van der Waals surface area contributed by atoms with Gasteiger partial charge in [0.25, 0.3) is 0 Å². The summed E-state index contributed by atoms with van der Waals surface area (Å²) >= 11 is 0. The number of benzene rings is 2. The minimum absolute atomic E-state index is 0.0533. The predicted octanol–water partition coefficient (Wildman–Crippen LogP) is 3.90. The zero-order chi connectivity index (χ0) is 27.7. The Balaban J connectivity index is 1.67. The third-order valence-electron chi connectivity index (χ3n) is 5.65. The molecule has 1 saturated carbocycles. The standard InChI is InChI=1S/C26H30O12/c1-29-19-13-23(33-5)21(31-3)11-15(19)25(27)37-35-17-9-7-8-10-18(17)36-38-26(28)16-12-22(32-4)24(34-6)14-20(16)30-2/h7,11-14,17H,8-10H2,1-6H3. The molecule has 2 radical (unpaired) electrons. The van der Waals surface area contributed by atoms with Crippen molar-refractivity contribution in [2.75, 3.05) is 42.7 Å². The van der Waals surface area contributed by atoms with E-state index in [1.807, 2.05) is 6.42 Å². The van der Waals surface area contributed by atoms with Gasteiger partial charge >= 0.3 is 11.9 Å². The number of rotatable bonds is 12. The molecule has 2 aromatic rings. The summed E-state index contributed by atoms with van der Waals surface area (Å²) in [6.07, 6.45) is 2.73. The van der Waals surface area contributed by atoms with E-state index < -0.39 is 18.0 Å². The zero-order valence-corrected chi connectivity index (χ0v) is 22.0. The number of hydrogen-bond donors (Lipinski definition) is 0.